The van der Waals surface area contributed by atoms with Gasteiger partial charge in [0.25, 0.3) is 0 Å². The Morgan fingerprint density at radius 3 is 2.42 bits per heavy atom. The summed E-state index contributed by atoms with van der Waals surface area (Å²) in [5.41, 5.74) is 7.52. The summed E-state index contributed by atoms with van der Waals surface area (Å²) in [7, 11) is 0. The summed E-state index contributed by atoms with van der Waals surface area (Å²) >= 11 is 0. The summed E-state index contributed by atoms with van der Waals surface area (Å²) in [6, 6.07) is 5.30. The number of anilines is 1. The topological polar surface area (TPSA) is 29.3 Å². The molecule has 0 aliphatic heterocycles. The maximum absolute atomic E-state index is 14.0. The van der Waals surface area contributed by atoms with Gasteiger partial charge in [-0.2, -0.15) is 0 Å². The summed E-state index contributed by atoms with van der Waals surface area (Å²) in [5, 5.41) is 0. The van der Waals surface area contributed by atoms with Gasteiger partial charge in [-0.1, -0.05) is 25.8 Å². The molecule has 0 aliphatic rings. The lowest BCUT2D eigenvalue weighted by molar-refractivity contribution is 0.580. The van der Waals surface area contributed by atoms with E-state index in [4.69, 9.17) is 5.73 Å². The van der Waals surface area contributed by atoms with E-state index in [1.807, 2.05) is 13.0 Å². The van der Waals surface area contributed by atoms with Crippen LogP contribution in [0.15, 0.2) is 18.2 Å². The number of rotatable bonds is 7. The van der Waals surface area contributed by atoms with E-state index in [9.17, 15) is 4.39 Å². The normalized spacial score (nSPS) is 12.8. The van der Waals surface area contributed by atoms with E-state index in [0.717, 1.165) is 18.7 Å². The summed E-state index contributed by atoms with van der Waals surface area (Å²) in [4.78, 5) is 2.26. The predicted octanol–water partition coefficient (Wildman–Crippen LogP) is 4.25. The fourth-order valence-electron chi connectivity index (χ4n) is 2.42. The summed E-state index contributed by atoms with van der Waals surface area (Å²) in [6.07, 6.45) is 3.52. The maximum Gasteiger partial charge on any atom is 0.130 e. The summed E-state index contributed by atoms with van der Waals surface area (Å²) in [6.45, 7) is 9.26. The molecule has 1 unspecified atom stereocenters. The van der Waals surface area contributed by atoms with Gasteiger partial charge in [-0.05, 0) is 39.3 Å². The van der Waals surface area contributed by atoms with E-state index >= 15 is 0 Å². The monoisotopic (exact) mass is 266 g/mol. The van der Waals surface area contributed by atoms with Crippen LogP contribution in [0, 0.1) is 5.82 Å². The Labute approximate surface area is 116 Å². The van der Waals surface area contributed by atoms with E-state index in [1.54, 1.807) is 6.07 Å². The van der Waals surface area contributed by atoms with Crippen LogP contribution in [0.2, 0.25) is 0 Å². The fraction of sp³-hybridized carbons (Fsp3) is 0.625. The van der Waals surface area contributed by atoms with Crippen molar-refractivity contribution >= 4 is 5.69 Å². The van der Waals surface area contributed by atoms with Gasteiger partial charge >= 0.3 is 0 Å². The molecule has 0 saturated heterocycles. The lowest BCUT2D eigenvalue weighted by Crippen LogP contribution is -2.33. The van der Waals surface area contributed by atoms with Crippen LogP contribution in [0.25, 0.3) is 0 Å². The van der Waals surface area contributed by atoms with Crippen molar-refractivity contribution in [2.45, 2.75) is 59.0 Å². The van der Waals surface area contributed by atoms with E-state index in [-0.39, 0.29) is 11.9 Å². The van der Waals surface area contributed by atoms with Crippen molar-refractivity contribution < 1.29 is 4.39 Å². The molecule has 0 aromatic heterocycles. The molecule has 19 heavy (non-hydrogen) atoms. The fourth-order valence-corrected chi connectivity index (χ4v) is 2.42. The maximum atomic E-state index is 14.0. The number of nitrogens with two attached hydrogens (primary N) is 1. The number of nitrogens with zero attached hydrogens (tertiary/aromatic N) is 1. The first-order chi connectivity index (χ1) is 8.99. The van der Waals surface area contributed by atoms with E-state index < -0.39 is 0 Å². The molecule has 1 atom stereocenters. The molecular formula is C16H27FN2. The lowest BCUT2D eigenvalue weighted by Gasteiger charge is -2.32. The van der Waals surface area contributed by atoms with Gasteiger partial charge in [-0.15, -0.1) is 0 Å². The third-order valence-corrected chi connectivity index (χ3v) is 3.42. The number of halogens is 1. The number of hydrogen-bond donors (Lipinski definition) is 1. The average Bonchev–Trinajstić information content (AvgIpc) is 2.33. The molecule has 0 fully saturated rings. The molecule has 108 valence electrons. The van der Waals surface area contributed by atoms with Crippen molar-refractivity contribution in [2.24, 2.45) is 5.73 Å². The van der Waals surface area contributed by atoms with Crippen LogP contribution in [0.3, 0.4) is 0 Å². The van der Waals surface area contributed by atoms with Crippen molar-refractivity contribution in [1.82, 2.24) is 0 Å². The Morgan fingerprint density at radius 1 is 1.21 bits per heavy atom. The van der Waals surface area contributed by atoms with Gasteiger partial charge in [0.05, 0.1) is 0 Å². The predicted molar refractivity (Wildman–Crippen MR) is 81.0 cm³/mol. The molecule has 1 rings (SSSR count). The number of hydrogen-bond acceptors (Lipinski definition) is 2. The van der Waals surface area contributed by atoms with Crippen LogP contribution < -0.4 is 10.6 Å². The molecule has 0 heterocycles. The zero-order valence-electron chi connectivity index (χ0n) is 12.6. The van der Waals surface area contributed by atoms with Crippen molar-refractivity contribution in [1.29, 1.82) is 0 Å². The standard InChI is InChI=1S/C16H27FN2/c1-5-6-7-11-19(12(2)3)15-10-8-9-14(17)16(15)13(4)18/h8-10,12-13H,5-7,11,18H2,1-4H3. The third-order valence-electron chi connectivity index (χ3n) is 3.42. The van der Waals surface area contributed by atoms with Crippen LogP contribution in [0.4, 0.5) is 10.1 Å². The molecule has 0 saturated carbocycles. The first-order valence-corrected chi connectivity index (χ1v) is 7.29. The second kappa shape index (κ2) is 7.49. The number of unbranched alkanes of at least 4 members (excludes halogenated alkanes) is 2. The van der Waals surface area contributed by atoms with Crippen molar-refractivity contribution in [3.8, 4) is 0 Å². The molecule has 2 nitrogen and oxygen atoms in total. The van der Waals surface area contributed by atoms with Gasteiger partial charge < -0.3 is 10.6 Å². The minimum absolute atomic E-state index is 0.200. The minimum atomic E-state index is -0.288. The molecule has 2 N–H and O–H groups in total. The highest BCUT2D eigenvalue weighted by Crippen LogP contribution is 2.29. The smallest absolute Gasteiger partial charge is 0.130 e. The zero-order chi connectivity index (χ0) is 14.4. The Hall–Kier alpha value is -1.09. The second-order valence-corrected chi connectivity index (χ2v) is 5.46. The summed E-state index contributed by atoms with van der Waals surface area (Å²) < 4.78 is 14.0. The van der Waals surface area contributed by atoms with E-state index in [0.29, 0.717) is 11.6 Å². The average molecular weight is 266 g/mol. The van der Waals surface area contributed by atoms with Gasteiger partial charge in [0, 0.05) is 29.9 Å². The van der Waals surface area contributed by atoms with Crippen LogP contribution in [-0.4, -0.2) is 12.6 Å². The van der Waals surface area contributed by atoms with Crippen molar-refractivity contribution in [2.75, 3.05) is 11.4 Å². The highest BCUT2D eigenvalue weighted by Gasteiger charge is 2.19. The Morgan fingerprint density at radius 2 is 1.89 bits per heavy atom. The van der Waals surface area contributed by atoms with Crippen LogP contribution in [-0.2, 0) is 0 Å². The molecule has 1 aromatic carbocycles. The van der Waals surface area contributed by atoms with Gasteiger partial charge in [0.2, 0.25) is 0 Å². The Bertz CT molecular complexity index is 388. The first-order valence-electron chi connectivity index (χ1n) is 7.29. The molecule has 0 amide bonds. The molecule has 0 aliphatic carbocycles. The van der Waals surface area contributed by atoms with Crippen molar-refractivity contribution in [3.05, 3.63) is 29.6 Å². The molecular weight excluding hydrogens is 239 g/mol. The molecule has 0 radical (unpaired) electrons. The minimum Gasteiger partial charge on any atom is -0.369 e. The van der Waals surface area contributed by atoms with Crippen LogP contribution >= 0.6 is 0 Å². The second-order valence-electron chi connectivity index (χ2n) is 5.46. The van der Waals surface area contributed by atoms with Gasteiger partial charge in [0.1, 0.15) is 5.82 Å². The molecule has 0 spiro atoms. The number of benzene rings is 1. The highest BCUT2D eigenvalue weighted by molar-refractivity contribution is 5.56. The Balaban J connectivity index is 3.05. The quantitative estimate of drug-likeness (QED) is 0.747. The highest BCUT2D eigenvalue weighted by atomic mass is 19.1. The molecule has 3 heteroatoms. The SMILES string of the molecule is CCCCCN(c1cccc(F)c1C(C)N)C(C)C. The third kappa shape index (κ3) is 4.20. The van der Waals surface area contributed by atoms with Crippen molar-refractivity contribution in [3.63, 3.8) is 0 Å². The zero-order valence-corrected chi connectivity index (χ0v) is 12.6. The molecule has 1 aromatic rings. The van der Waals surface area contributed by atoms with E-state index in [1.165, 1.54) is 18.9 Å². The van der Waals surface area contributed by atoms with Gasteiger partial charge in [0.15, 0.2) is 0 Å². The lowest BCUT2D eigenvalue weighted by atomic mass is 10.0. The first kappa shape index (κ1) is 16.0. The van der Waals surface area contributed by atoms with E-state index in [2.05, 4.69) is 25.7 Å². The summed E-state index contributed by atoms with van der Waals surface area (Å²) in [5.74, 6) is -0.200. The van der Waals surface area contributed by atoms with Gasteiger partial charge in [-0.25, -0.2) is 4.39 Å². The Kier molecular flexibility index (Phi) is 6.29. The van der Waals surface area contributed by atoms with Crippen LogP contribution in [0.1, 0.15) is 58.6 Å². The van der Waals surface area contributed by atoms with Gasteiger partial charge in [-0.3, -0.25) is 0 Å². The molecule has 0 bridgehead atoms. The largest absolute Gasteiger partial charge is 0.369 e. The van der Waals surface area contributed by atoms with Crippen LogP contribution in [0.5, 0.6) is 0 Å².